The lowest BCUT2D eigenvalue weighted by molar-refractivity contribution is 0.0505. The van der Waals surface area contributed by atoms with E-state index in [4.69, 9.17) is 0 Å². The quantitative estimate of drug-likeness (QED) is 0.490. The van der Waals surface area contributed by atoms with Crippen LogP contribution in [0.2, 0.25) is 0 Å². The normalized spacial score (nSPS) is 11.2. The van der Waals surface area contributed by atoms with Gasteiger partial charge in [0.15, 0.2) is 0 Å². The Kier molecular flexibility index (Phi) is 4.09. The smallest absolute Gasteiger partial charge is 0.312 e. The van der Waals surface area contributed by atoms with E-state index >= 15 is 0 Å². The van der Waals surface area contributed by atoms with Gasteiger partial charge in [-0.15, -0.1) is 0 Å². The molecule has 0 unspecified atom stereocenters. The predicted octanol–water partition coefficient (Wildman–Crippen LogP) is 2.34. The zero-order chi connectivity index (χ0) is 14.5. The Bertz CT molecular complexity index is 640. The van der Waals surface area contributed by atoms with E-state index in [1.807, 2.05) is 0 Å². The van der Waals surface area contributed by atoms with Crippen LogP contribution in [0.4, 0.5) is 8.78 Å². The number of halogens is 2. The van der Waals surface area contributed by atoms with Crippen LogP contribution in [0.1, 0.15) is 23.0 Å². The number of rotatable bonds is 3. The summed E-state index contributed by atoms with van der Waals surface area (Å²) in [7, 11) is 0. The first-order valence-corrected chi connectivity index (χ1v) is 5.56. The maximum atomic E-state index is 13.3. The van der Waals surface area contributed by atoms with Crippen molar-refractivity contribution in [1.29, 1.82) is 0 Å². The number of hydrogen-bond donors (Lipinski definition) is 0. The van der Waals surface area contributed by atoms with Gasteiger partial charge < -0.3 is 4.84 Å². The van der Waals surface area contributed by atoms with Crippen molar-refractivity contribution in [2.75, 3.05) is 0 Å². The summed E-state index contributed by atoms with van der Waals surface area (Å²) in [5.74, 6) is -3.24. The van der Waals surface area contributed by atoms with Gasteiger partial charge in [0.05, 0.1) is 6.20 Å². The summed E-state index contributed by atoms with van der Waals surface area (Å²) in [6, 6.07) is 3.06. The van der Waals surface area contributed by atoms with Gasteiger partial charge in [-0.3, -0.25) is 9.97 Å². The third kappa shape index (κ3) is 3.00. The first-order chi connectivity index (χ1) is 9.59. The highest BCUT2D eigenvalue weighted by Crippen LogP contribution is 2.13. The van der Waals surface area contributed by atoms with E-state index in [0.717, 1.165) is 18.2 Å². The summed E-state index contributed by atoms with van der Waals surface area (Å²) in [4.78, 5) is 23.8. The highest BCUT2D eigenvalue weighted by Gasteiger charge is 2.19. The van der Waals surface area contributed by atoms with Crippen molar-refractivity contribution in [3.63, 3.8) is 0 Å². The molecule has 1 aromatic heterocycles. The first kappa shape index (κ1) is 13.7. The summed E-state index contributed by atoms with van der Waals surface area (Å²) >= 11 is 0. The number of hydrogen-bond acceptors (Lipinski definition) is 5. The second-order valence-electron chi connectivity index (χ2n) is 3.74. The molecule has 2 aromatic rings. The van der Waals surface area contributed by atoms with Crippen LogP contribution in [0.3, 0.4) is 0 Å². The first-order valence-electron chi connectivity index (χ1n) is 5.56. The van der Waals surface area contributed by atoms with Gasteiger partial charge in [0.1, 0.15) is 28.6 Å². The molecular weight excluding hydrogens is 268 g/mol. The second kappa shape index (κ2) is 5.96. The molecule has 0 amide bonds. The molecule has 0 radical (unpaired) electrons. The number of oxime groups is 1. The zero-order valence-electron chi connectivity index (χ0n) is 10.4. The molecule has 1 aromatic carbocycles. The topological polar surface area (TPSA) is 64.4 Å². The molecule has 7 heteroatoms. The van der Waals surface area contributed by atoms with E-state index in [2.05, 4.69) is 20.0 Å². The van der Waals surface area contributed by atoms with Gasteiger partial charge in [0, 0.05) is 12.4 Å². The molecule has 0 saturated heterocycles. The van der Waals surface area contributed by atoms with Gasteiger partial charge in [-0.05, 0) is 19.1 Å². The molecule has 102 valence electrons. The van der Waals surface area contributed by atoms with Gasteiger partial charge in [0.2, 0.25) is 0 Å². The van der Waals surface area contributed by atoms with Gasteiger partial charge in [0.25, 0.3) is 0 Å². The Balaban J connectivity index is 2.17. The van der Waals surface area contributed by atoms with Crippen LogP contribution in [-0.2, 0) is 4.84 Å². The predicted molar refractivity (Wildman–Crippen MR) is 66.0 cm³/mol. The van der Waals surface area contributed by atoms with Crippen molar-refractivity contribution in [1.82, 2.24) is 9.97 Å². The van der Waals surface area contributed by atoms with E-state index < -0.39 is 23.2 Å². The van der Waals surface area contributed by atoms with Crippen molar-refractivity contribution >= 4 is 11.7 Å². The highest BCUT2D eigenvalue weighted by molar-refractivity contribution is 5.97. The minimum absolute atomic E-state index is 0.253. The molecule has 0 spiro atoms. The number of aromatic nitrogens is 2. The fraction of sp³-hybridized carbons (Fsp3) is 0.0769. The van der Waals surface area contributed by atoms with Crippen LogP contribution in [0.15, 0.2) is 41.9 Å². The molecular formula is C13H9F2N3O2. The standard InChI is InChI=1S/C13H9F2N3O2/c1-8(11-7-16-5-6-17-11)18-20-13(19)12-9(14)3-2-4-10(12)15/h2-7H,1H3/b18-8-. The molecule has 0 bridgehead atoms. The maximum absolute atomic E-state index is 13.3. The summed E-state index contributed by atoms with van der Waals surface area (Å²) in [6.45, 7) is 1.52. The van der Waals surface area contributed by atoms with Crippen molar-refractivity contribution in [3.8, 4) is 0 Å². The zero-order valence-corrected chi connectivity index (χ0v) is 10.4. The molecule has 5 nitrogen and oxygen atoms in total. The lowest BCUT2D eigenvalue weighted by atomic mass is 10.2. The minimum atomic E-state index is -1.22. The number of nitrogens with zero attached hydrogens (tertiary/aromatic N) is 3. The van der Waals surface area contributed by atoms with Crippen LogP contribution in [0.25, 0.3) is 0 Å². The maximum Gasteiger partial charge on any atom is 0.371 e. The van der Waals surface area contributed by atoms with Crippen LogP contribution in [0, 0.1) is 11.6 Å². The third-order valence-electron chi connectivity index (χ3n) is 2.37. The Morgan fingerprint density at radius 1 is 1.25 bits per heavy atom. The third-order valence-corrected chi connectivity index (χ3v) is 2.37. The minimum Gasteiger partial charge on any atom is -0.312 e. The van der Waals surface area contributed by atoms with Gasteiger partial charge in [-0.1, -0.05) is 11.2 Å². The molecule has 0 fully saturated rings. The molecule has 0 N–H and O–H groups in total. The van der Waals surface area contributed by atoms with E-state index in [1.165, 1.54) is 25.5 Å². The van der Waals surface area contributed by atoms with Crippen LogP contribution >= 0.6 is 0 Å². The fourth-order valence-electron chi connectivity index (χ4n) is 1.38. The molecule has 0 aliphatic heterocycles. The number of carbonyl (C=O) groups excluding carboxylic acids is 1. The summed E-state index contributed by atoms with van der Waals surface area (Å²) in [6.07, 6.45) is 4.32. The molecule has 0 atom stereocenters. The Hall–Kier alpha value is -2.70. The SMILES string of the molecule is C/C(=N/OC(=O)c1c(F)cccc1F)c1cnccn1. The molecule has 0 aliphatic rings. The molecule has 0 saturated carbocycles. The molecule has 0 aliphatic carbocycles. The lowest BCUT2D eigenvalue weighted by Crippen LogP contribution is -2.09. The average Bonchev–Trinajstić information content (AvgIpc) is 2.45. The van der Waals surface area contributed by atoms with E-state index in [0.29, 0.717) is 5.69 Å². The van der Waals surface area contributed by atoms with E-state index in [9.17, 15) is 13.6 Å². The number of benzene rings is 1. The fourth-order valence-corrected chi connectivity index (χ4v) is 1.38. The van der Waals surface area contributed by atoms with Crippen molar-refractivity contribution in [2.24, 2.45) is 5.16 Å². The summed E-state index contributed by atoms with van der Waals surface area (Å²) in [5.41, 5.74) is -0.152. The average molecular weight is 277 g/mol. The van der Waals surface area contributed by atoms with Crippen LogP contribution in [-0.4, -0.2) is 21.6 Å². The van der Waals surface area contributed by atoms with Crippen molar-refractivity contribution in [3.05, 3.63) is 59.7 Å². The molecule has 2 rings (SSSR count). The summed E-state index contributed by atoms with van der Waals surface area (Å²) < 4.78 is 26.7. The van der Waals surface area contributed by atoms with Crippen LogP contribution in [0.5, 0.6) is 0 Å². The Morgan fingerprint density at radius 2 is 1.95 bits per heavy atom. The van der Waals surface area contributed by atoms with Crippen molar-refractivity contribution in [2.45, 2.75) is 6.92 Å². The van der Waals surface area contributed by atoms with Gasteiger partial charge in [-0.25, -0.2) is 13.6 Å². The molecule has 20 heavy (non-hydrogen) atoms. The number of carbonyl (C=O) groups is 1. The van der Waals surface area contributed by atoms with Gasteiger partial charge in [-0.2, -0.15) is 0 Å². The lowest BCUT2D eigenvalue weighted by Gasteiger charge is -2.02. The second-order valence-corrected chi connectivity index (χ2v) is 3.74. The monoisotopic (exact) mass is 277 g/mol. The van der Waals surface area contributed by atoms with Crippen molar-refractivity contribution < 1.29 is 18.4 Å². The molecule has 1 heterocycles. The van der Waals surface area contributed by atoms with E-state index in [1.54, 1.807) is 0 Å². The van der Waals surface area contributed by atoms with Gasteiger partial charge >= 0.3 is 5.97 Å². The summed E-state index contributed by atoms with van der Waals surface area (Å²) in [5, 5.41) is 3.48. The van der Waals surface area contributed by atoms with E-state index in [-0.39, 0.29) is 5.71 Å². The Morgan fingerprint density at radius 3 is 2.55 bits per heavy atom. The highest BCUT2D eigenvalue weighted by atomic mass is 19.1. The van der Waals surface area contributed by atoms with Crippen LogP contribution < -0.4 is 0 Å². The Labute approximate surface area is 112 Å². The largest absolute Gasteiger partial charge is 0.371 e.